The lowest BCUT2D eigenvalue weighted by atomic mass is 9.96. The van der Waals surface area contributed by atoms with Gasteiger partial charge < -0.3 is 15.2 Å². The largest absolute Gasteiger partial charge is 0.486 e. The average molecular weight is 476 g/mol. The van der Waals surface area contributed by atoms with E-state index >= 15 is 0 Å². The maximum Gasteiger partial charge on any atom is 0.162 e. The monoisotopic (exact) mass is 475 g/mol. The Kier molecular flexibility index (Phi) is 6.99. The fourth-order valence-corrected chi connectivity index (χ4v) is 5.55. The fourth-order valence-electron chi connectivity index (χ4n) is 3.24. The van der Waals surface area contributed by atoms with Gasteiger partial charge in [0, 0.05) is 45.0 Å². The zero-order valence-electron chi connectivity index (χ0n) is 15.5. The second-order valence-corrected chi connectivity index (χ2v) is 11.2. The molecule has 2 unspecified atom stereocenters. The van der Waals surface area contributed by atoms with Gasteiger partial charge in [-0.3, -0.25) is 9.20 Å². The summed E-state index contributed by atoms with van der Waals surface area (Å²) in [6, 6.07) is 3.83. The fraction of sp³-hybridized carbons (Fsp3) is 0.556. The molecule has 0 aromatic heterocycles. The van der Waals surface area contributed by atoms with Crippen LogP contribution in [0.4, 0.5) is 0 Å². The molecular formula is C18H26BrN3O3S2. The Balaban J connectivity index is 1.54. The molecule has 2 aliphatic rings. The van der Waals surface area contributed by atoms with Gasteiger partial charge >= 0.3 is 0 Å². The molecular weight excluding hydrogens is 450 g/mol. The van der Waals surface area contributed by atoms with E-state index in [-0.39, 0.29) is 0 Å². The summed E-state index contributed by atoms with van der Waals surface area (Å²) in [4.78, 5) is 5.46. The van der Waals surface area contributed by atoms with Crippen LogP contribution in [0.3, 0.4) is 0 Å². The summed E-state index contributed by atoms with van der Waals surface area (Å²) >= 11 is 4.97. The third-order valence-corrected chi connectivity index (χ3v) is 7.88. The third-order valence-electron chi connectivity index (χ3n) is 4.64. The van der Waals surface area contributed by atoms with Crippen molar-refractivity contribution in [2.24, 2.45) is 16.6 Å². The molecule has 1 aromatic carbocycles. The van der Waals surface area contributed by atoms with E-state index in [1.54, 1.807) is 6.26 Å². The summed E-state index contributed by atoms with van der Waals surface area (Å²) in [5.74, 6) is 5.77. The molecule has 0 radical (unpaired) electrons. The summed E-state index contributed by atoms with van der Waals surface area (Å²) in [6.45, 7) is 3.48. The first-order valence-corrected chi connectivity index (χ1v) is 12.7. The second kappa shape index (κ2) is 9.07. The summed E-state index contributed by atoms with van der Waals surface area (Å²) in [7, 11) is -2.11. The number of aliphatic imine (C=N–C) groups is 1. The minimum Gasteiger partial charge on any atom is -0.486 e. The average Bonchev–Trinajstić information content (AvgIpc) is 2.62. The van der Waals surface area contributed by atoms with E-state index in [4.69, 9.17) is 15.2 Å². The maximum absolute atomic E-state index is 12.1. The van der Waals surface area contributed by atoms with Crippen molar-refractivity contribution in [1.29, 1.82) is 0 Å². The molecule has 2 aliphatic heterocycles. The van der Waals surface area contributed by atoms with Crippen LogP contribution in [0.2, 0.25) is 0 Å². The Hall–Kier alpha value is -0.900. The number of benzene rings is 1. The normalized spacial score (nSPS) is 23.0. The third kappa shape index (κ3) is 5.79. The lowest BCUT2D eigenvalue weighted by molar-refractivity contribution is 0.171. The molecule has 9 heteroatoms. The van der Waals surface area contributed by atoms with Gasteiger partial charge in [0.05, 0.1) is 0 Å². The van der Waals surface area contributed by atoms with Crippen LogP contribution in [0, 0.1) is 5.92 Å². The van der Waals surface area contributed by atoms with Gasteiger partial charge in [0.25, 0.3) is 0 Å². The first kappa shape index (κ1) is 20.8. The van der Waals surface area contributed by atoms with Crippen molar-refractivity contribution in [3.8, 4) is 11.5 Å². The highest BCUT2D eigenvalue weighted by Gasteiger charge is 2.22. The van der Waals surface area contributed by atoms with E-state index in [1.165, 1.54) is 11.8 Å². The summed E-state index contributed by atoms with van der Waals surface area (Å²) in [5.41, 5.74) is 6.12. The SMILES string of the molecule is C=S(C)(=O)N1CCCC(CCN=C(N)Sc2cc3c(cc2Br)OCCO3)C1. The Bertz CT molecular complexity index is 814. The highest BCUT2D eigenvalue weighted by Crippen LogP contribution is 2.39. The number of hydrogen-bond donors (Lipinski definition) is 1. The van der Waals surface area contributed by atoms with Gasteiger partial charge in [0.15, 0.2) is 16.7 Å². The number of nitrogens with zero attached hydrogens (tertiary/aromatic N) is 2. The van der Waals surface area contributed by atoms with Gasteiger partial charge in [0.2, 0.25) is 0 Å². The summed E-state index contributed by atoms with van der Waals surface area (Å²) < 4.78 is 26.3. The van der Waals surface area contributed by atoms with Crippen LogP contribution in [-0.2, 0) is 9.71 Å². The smallest absolute Gasteiger partial charge is 0.162 e. The number of halogens is 1. The van der Waals surface area contributed by atoms with Gasteiger partial charge in [0.1, 0.15) is 13.2 Å². The Morgan fingerprint density at radius 3 is 2.85 bits per heavy atom. The minimum absolute atomic E-state index is 0.490. The standard InChI is InChI=1S/C18H26BrN3O3S2/c1-27(2,23)22-7-3-4-13(12-22)5-6-21-18(20)26-17-11-16-15(10-14(17)19)24-8-9-25-16/h10-11,13H,1,3-9,12H2,2H3,(H2,20,21). The molecule has 0 amide bonds. The van der Waals surface area contributed by atoms with Crippen LogP contribution in [0.15, 0.2) is 26.5 Å². The number of piperidine rings is 1. The predicted octanol–water partition coefficient (Wildman–Crippen LogP) is 2.99. The van der Waals surface area contributed by atoms with Crippen LogP contribution < -0.4 is 15.2 Å². The highest BCUT2D eigenvalue weighted by atomic mass is 79.9. The molecule has 6 nitrogen and oxygen atoms in total. The minimum atomic E-state index is -2.11. The Labute approximate surface area is 174 Å². The zero-order chi connectivity index (χ0) is 19.4. The van der Waals surface area contributed by atoms with Gasteiger partial charge in [-0.25, -0.2) is 4.31 Å². The second-order valence-electron chi connectivity index (χ2n) is 6.89. The van der Waals surface area contributed by atoms with Crippen LogP contribution in [0.1, 0.15) is 19.3 Å². The van der Waals surface area contributed by atoms with Crippen molar-refractivity contribution in [3.05, 3.63) is 16.6 Å². The number of thioether (sulfide) groups is 1. The number of nitrogens with two attached hydrogens (primary N) is 1. The number of ether oxygens (including phenoxy) is 2. The van der Waals surface area contributed by atoms with Gasteiger partial charge in [-0.15, -0.1) is 0 Å². The van der Waals surface area contributed by atoms with E-state index in [0.717, 1.165) is 53.2 Å². The molecule has 0 aliphatic carbocycles. The molecule has 2 N–H and O–H groups in total. The first-order chi connectivity index (χ1) is 12.8. The number of hydrogen-bond acceptors (Lipinski definition) is 5. The molecule has 2 heterocycles. The predicted molar refractivity (Wildman–Crippen MR) is 118 cm³/mol. The van der Waals surface area contributed by atoms with Crippen molar-refractivity contribution in [1.82, 2.24) is 4.31 Å². The molecule has 0 spiro atoms. The Morgan fingerprint density at radius 2 is 2.15 bits per heavy atom. The number of amidine groups is 1. The van der Waals surface area contributed by atoms with Crippen molar-refractivity contribution < 1.29 is 13.7 Å². The summed E-state index contributed by atoms with van der Waals surface area (Å²) in [5, 5.41) is 0.525. The van der Waals surface area contributed by atoms with E-state index in [9.17, 15) is 4.21 Å². The van der Waals surface area contributed by atoms with Crippen molar-refractivity contribution in [2.45, 2.75) is 24.2 Å². The van der Waals surface area contributed by atoms with E-state index in [2.05, 4.69) is 26.8 Å². The molecule has 0 bridgehead atoms. The van der Waals surface area contributed by atoms with E-state index in [0.29, 0.717) is 30.8 Å². The van der Waals surface area contributed by atoms with Crippen LogP contribution >= 0.6 is 27.7 Å². The number of fused-ring (bicyclic) bond motifs is 1. The number of rotatable bonds is 5. The topological polar surface area (TPSA) is 77.2 Å². The van der Waals surface area contributed by atoms with Crippen LogP contribution in [-0.4, -0.2) is 58.7 Å². The Morgan fingerprint density at radius 1 is 1.44 bits per heavy atom. The molecule has 27 heavy (non-hydrogen) atoms. The summed E-state index contributed by atoms with van der Waals surface area (Å²) in [6.07, 6.45) is 4.86. The first-order valence-electron chi connectivity index (χ1n) is 8.97. The maximum atomic E-state index is 12.1. The van der Waals surface area contributed by atoms with E-state index in [1.807, 2.05) is 16.4 Å². The van der Waals surface area contributed by atoms with Crippen molar-refractivity contribution >= 4 is 48.4 Å². The van der Waals surface area contributed by atoms with Gasteiger partial charge in [-0.05, 0) is 59.1 Å². The molecule has 1 aromatic rings. The zero-order valence-corrected chi connectivity index (χ0v) is 18.7. The molecule has 2 atom stereocenters. The van der Waals surface area contributed by atoms with E-state index < -0.39 is 9.71 Å². The van der Waals surface area contributed by atoms with Crippen LogP contribution in [0.5, 0.6) is 11.5 Å². The molecule has 3 rings (SSSR count). The van der Waals surface area contributed by atoms with Crippen molar-refractivity contribution in [2.75, 3.05) is 39.1 Å². The quantitative estimate of drug-likeness (QED) is 0.306. The lowest BCUT2D eigenvalue weighted by Gasteiger charge is -2.33. The highest BCUT2D eigenvalue weighted by molar-refractivity contribution is 9.10. The van der Waals surface area contributed by atoms with Gasteiger partial charge in [-0.2, -0.15) is 0 Å². The molecule has 150 valence electrons. The van der Waals surface area contributed by atoms with Crippen LogP contribution in [0.25, 0.3) is 0 Å². The molecule has 1 saturated heterocycles. The molecule has 0 saturated carbocycles. The lowest BCUT2D eigenvalue weighted by Crippen LogP contribution is -2.39. The van der Waals surface area contributed by atoms with Gasteiger partial charge in [-0.1, -0.05) is 11.8 Å². The molecule has 1 fully saturated rings. The van der Waals surface area contributed by atoms with Crippen molar-refractivity contribution in [3.63, 3.8) is 0 Å².